The molecule has 2 aromatic rings. The van der Waals surface area contributed by atoms with Crippen LogP contribution in [0, 0.1) is 17.5 Å². The number of halogens is 3. The molecule has 0 unspecified atom stereocenters. The number of thiocarbonyl (C=S) groups is 1. The summed E-state index contributed by atoms with van der Waals surface area (Å²) in [6.07, 6.45) is 0. The van der Waals surface area contributed by atoms with Crippen LogP contribution in [0.3, 0.4) is 0 Å². The minimum atomic E-state index is -1.13. The molecule has 0 aliphatic carbocycles. The van der Waals surface area contributed by atoms with E-state index in [1.165, 1.54) is 12.1 Å². The monoisotopic (exact) mass is 310 g/mol. The first kappa shape index (κ1) is 15.0. The minimum absolute atomic E-state index is 0.0203. The van der Waals surface area contributed by atoms with Gasteiger partial charge in [0.2, 0.25) is 0 Å². The van der Waals surface area contributed by atoms with Crippen LogP contribution in [0.5, 0.6) is 0 Å². The molecule has 0 bridgehead atoms. The average Bonchev–Trinajstić information content (AvgIpc) is 2.43. The number of hydrogen-bond donors (Lipinski definition) is 2. The summed E-state index contributed by atoms with van der Waals surface area (Å²) >= 11 is 4.68. The van der Waals surface area contributed by atoms with Gasteiger partial charge in [0.25, 0.3) is 5.91 Å². The van der Waals surface area contributed by atoms with Gasteiger partial charge in [-0.05, 0) is 36.4 Å². The van der Waals surface area contributed by atoms with Crippen molar-refractivity contribution in [3.63, 3.8) is 0 Å². The van der Waals surface area contributed by atoms with Crippen LogP contribution in [0.2, 0.25) is 0 Å². The molecule has 21 heavy (non-hydrogen) atoms. The molecular formula is C14H9F3N2OS. The van der Waals surface area contributed by atoms with E-state index in [0.29, 0.717) is 0 Å². The summed E-state index contributed by atoms with van der Waals surface area (Å²) in [5.41, 5.74) is 5.49. The molecule has 1 amide bonds. The topological polar surface area (TPSA) is 55.1 Å². The zero-order valence-electron chi connectivity index (χ0n) is 10.5. The Morgan fingerprint density at radius 1 is 1.00 bits per heavy atom. The van der Waals surface area contributed by atoms with E-state index in [1.54, 1.807) is 0 Å². The van der Waals surface area contributed by atoms with E-state index in [0.717, 1.165) is 24.3 Å². The Bertz CT molecular complexity index is 734. The molecule has 0 fully saturated rings. The van der Waals surface area contributed by atoms with Crippen LogP contribution in [-0.4, -0.2) is 10.9 Å². The first-order valence-electron chi connectivity index (χ1n) is 5.74. The highest BCUT2D eigenvalue weighted by Gasteiger charge is 2.12. The summed E-state index contributed by atoms with van der Waals surface area (Å²) in [4.78, 5) is 11.7. The number of amides is 1. The maximum Gasteiger partial charge on any atom is 0.255 e. The van der Waals surface area contributed by atoms with Crippen molar-refractivity contribution in [3.8, 4) is 0 Å². The van der Waals surface area contributed by atoms with Crippen LogP contribution in [0.25, 0.3) is 0 Å². The third-order valence-electron chi connectivity index (χ3n) is 2.67. The molecule has 0 spiro atoms. The predicted octanol–water partition coefficient (Wildman–Crippen LogP) is 2.99. The Kier molecular flexibility index (Phi) is 4.23. The lowest BCUT2D eigenvalue weighted by molar-refractivity contribution is 0.102. The van der Waals surface area contributed by atoms with Gasteiger partial charge in [-0.15, -0.1) is 0 Å². The summed E-state index contributed by atoms with van der Waals surface area (Å²) in [6.45, 7) is 0. The lowest BCUT2D eigenvalue weighted by Gasteiger charge is -2.08. The van der Waals surface area contributed by atoms with Crippen molar-refractivity contribution in [3.05, 3.63) is 65.0 Å². The SMILES string of the molecule is NC(=S)c1cc(NC(=O)c2ccc(F)c(F)c2)ccc1F. The van der Waals surface area contributed by atoms with Crippen LogP contribution in [0.15, 0.2) is 36.4 Å². The standard InChI is InChI=1S/C14H9F3N2OS/c15-10-4-2-8(6-9(10)13(18)21)19-14(20)7-1-3-11(16)12(17)5-7/h1-6H,(H2,18,21)(H,19,20). The van der Waals surface area contributed by atoms with Crippen LogP contribution in [0.1, 0.15) is 15.9 Å². The normalized spacial score (nSPS) is 10.2. The number of benzene rings is 2. The highest BCUT2D eigenvalue weighted by molar-refractivity contribution is 7.80. The average molecular weight is 310 g/mol. The van der Waals surface area contributed by atoms with Crippen molar-refractivity contribution in [1.82, 2.24) is 0 Å². The summed E-state index contributed by atoms with van der Waals surface area (Å²) in [5, 5.41) is 2.42. The number of carbonyl (C=O) groups is 1. The van der Waals surface area contributed by atoms with Crippen molar-refractivity contribution in [1.29, 1.82) is 0 Å². The smallest absolute Gasteiger partial charge is 0.255 e. The van der Waals surface area contributed by atoms with E-state index < -0.39 is 23.4 Å². The number of carbonyl (C=O) groups excluding carboxylic acids is 1. The second-order valence-corrected chi connectivity index (χ2v) is 4.58. The second-order valence-electron chi connectivity index (χ2n) is 4.14. The maximum absolute atomic E-state index is 13.4. The van der Waals surface area contributed by atoms with E-state index in [1.807, 2.05) is 0 Å². The van der Waals surface area contributed by atoms with Gasteiger partial charge >= 0.3 is 0 Å². The van der Waals surface area contributed by atoms with E-state index >= 15 is 0 Å². The Labute approximate surface area is 123 Å². The van der Waals surface area contributed by atoms with Gasteiger partial charge in [0.15, 0.2) is 11.6 Å². The number of nitrogens with two attached hydrogens (primary N) is 1. The van der Waals surface area contributed by atoms with Gasteiger partial charge in [0, 0.05) is 16.8 Å². The van der Waals surface area contributed by atoms with Gasteiger partial charge in [-0.25, -0.2) is 13.2 Å². The van der Waals surface area contributed by atoms with Crippen molar-refractivity contribution in [2.75, 3.05) is 5.32 Å². The molecular weight excluding hydrogens is 301 g/mol. The highest BCUT2D eigenvalue weighted by Crippen LogP contribution is 2.16. The molecule has 0 aromatic heterocycles. The molecule has 2 rings (SSSR count). The summed E-state index contributed by atoms with van der Waals surface area (Å²) < 4.78 is 39.3. The fourth-order valence-electron chi connectivity index (χ4n) is 1.63. The molecule has 0 saturated carbocycles. The van der Waals surface area contributed by atoms with E-state index in [-0.39, 0.29) is 21.8 Å². The lowest BCUT2D eigenvalue weighted by atomic mass is 10.1. The minimum Gasteiger partial charge on any atom is -0.389 e. The van der Waals surface area contributed by atoms with Gasteiger partial charge < -0.3 is 11.1 Å². The molecule has 3 nitrogen and oxygen atoms in total. The molecule has 3 N–H and O–H groups in total. The van der Waals surface area contributed by atoms with Crippen molar-refractivity contribution >= 4 is 28.8 Å². The third-order valence-corrected chi connectivity index (χ3v) is 2.89. The van der Waals surface area contributed by atoms with Crippen LogP contribution >= 0.6 is 12.2 Å². The summed E-state index contributed by atoms with van der Waals surface area (Å²) in [7, 11) is 0. The van der Waals surface area contributed by atoms with Crippen molar-refractivity contribution < 1.29 is 18.0 Å². The quantitative estimate of drug-likeness (QED) is 0.857. The zero-order chi connectivity index (χ0) is 15.6. The summed E-state index contributed by atoms with van der Waals surface area (Å²) in [5.74, 6) is -3.47. The molecule has 108 valence electrons. The molecule has 0 saturated heterocycles. The molecule has 0 radical (unpaired) electrons. The van der Waals surface area contributed by atoms with Gasteiger partial charge in [-0.3, -0.25) is 4.79 Å². The van der Waals surface area contributed by atoms with Crippen LogP contribution < -0.4 is 11.1 Å². The van der Waals surface area contributed by atoms with Gasteiger partial charge in [0.1, 0.15) is 10.8 Å². The largest absolute Gasteiger partial charge is 0.389 e. The van der Waals surface area contributed by atoms with E-state index in [4.69, 9.17) is 5.73 Å². The molecule has 0 aliphatic heterocycles. The molecule has 0 atom stereocenters. The Morgan fingerprint density at radius 3 is 2.29 bits per heavy atom. The number of nitrogens with one attached hydrogen (secondary N) is 1. The maximum atomic E-state index is 13.4. The lowest BCUT2D eigenvalue weighted by Crippen LogP contribution is -2.15. The first-order valence-corrected chi connectivity index (χ1v) is 6.15. The van der Waals surface area contributed by atoms with Crippen molar-refractivity contribution in [2.24, 2.45) is 5.73 Å². The molecule has 0 aliphatic rings. The Balaban J connectivity index is 2.25. The fraction of sp³-hybridized carbons (Fsp3) is 0. The molecule has 2 aromatic carbocycles. The number of hydrogen-bond acceptors (Lipinski definition) is 2. The first-order chi connectivity index (χ1) is 9.88. The predicted molar refractivity (Wildman–Crippen MR) is 76.6 cm³/mol. The van der Waals surface area contributed by atoms with Gasteiger partial charge in [-0.1, -0.05) is 12.2 Å². The van der Waals surface area contributed by atoms with Crippen LogP contribution in [0.4, 0.5) is 18.9 Å². The van der Waals surface area contributed by atoms with Gasteiger partial charge in [0.05, 0.1) is 0 Å². The van der Waals surface area contributed by atoms with Crippen LogP contribution in [-0.2, 0) is 0 Å². The molecule has 0 heterocycles. The van der Waals surface area contributed by atoms with E-state index in [2.05, 4.69) is 17.5 Å². The third kappa shape index (κ3) is 3.38. The number of anilines is 1. The van der Waals surface area contributed by atoms with Crippen molar-refractivity contribution in [2.45, 2.75) is 0 Å². The molecule has 7 heteroatoms. The Hall–Kier alpha value is -2.41. The second kappa shape index (κ2) is 5.92. The van der Waals surface area contributed by atoms with E-state index in [9.17, 15) is 18.0 Å². The number of rotatable bonds is 3. The highest BCUT2D eigenvalue weighted by atomic mass is 32.1. The van der Waals surface area contributed by atoms with Gasteiger partial charge in [-0.2, -0.15) is 0 Å². The fourth-order valence-corrected chi connectivity index (χ4v) is 1.79. The summed E-state index contributed by atoms with van der Waals surface area (Å²) in [6, 6.07) is 6.39. The zero-order valence-corrected chi connectivity index (χ0v) is 11.3. The Morgan fingerprint density at radius 2 is 1.67 bits per heavy atom.